The first-order valence-corrected chi connectivity index (χ1v) is 7.32. The minimum absolute atomic E-state index is 0. The number of rotatable bonds is 5. The van der Waals surface area contributed by atoms with Gasteiger partial charge in [0, 0.05) is 26.2 Å². The minimum atomic E-state index is -0.488. The van der Waals surface area contributed by atoms with Crippen LogP contribution in [0.5, 0.6) is 0 Å². The number of methoxy groups -OCH3 is 1. The Kier molecular flexibility index (Phi) is 8.92. The molecule has 0 aromatic heterocycles. The molecule has 130 valence electrons. The highest BCUT2D eigenvalue weighted by atomic mass is 35.5. The highest BCUT2D eigenvalue weighted by Gasteiger charge is 2.34. The summed E-state index contributed by atoms with van der Waals surface area (Å²) in [4.78, 5) is 25.5. The predicted octanol–water partition coefficient (Wildman–Crippen LogP) is 0.328. The lowest BCUT2D eigenvalue weighted by atomic mass is 9.80. The summed E-state index contributed by atoms with van der Waals surface area (Å²) >= 11 is 0. The van der Waals surface area contributed by atoms with Crippen LogP contribution in [-0.2, 0) is 9.53 Å². The Morgan fingerprint density at radius 1 is 1.45 bits per heavy atom. The molecule has 2 atom stereocenters. The maximum absolute atomic E-state index is 11.9. The molecule has 0 bridgehead atoms. The standard InChI is InChI=1S/C14H28N4O3.ClH/c1-10(8-21-4)16-13(20)17-12(19)7-18-6-5-11(15)14(2,3)9-18;/h10-11H,5-9,15H2,1-4H3,(H2,16,17,19,20);1H. The Morgan fingerprint density at radius 3 is 2.64 bits per heavy atom. The van der Waals surface area contributed by atoms with Crippen LogP contribution in [0.3, 0.4) is 0 Å². The van der Waals surface area contributed by atoms with Gasteiger partial charge in [-0.1, -0.05) is 13.8 Å². The normalized spacial score (nSPS) is 22.3. The van der Waals surface area contributed by atoms with Gasteiger partial charge in [-0.25, -0.2) is 4.79 Å². The Bertz CT molecular complexity index is 379. The van der Waals surface area contributed by atoms with E-state index in [1.54, 1.807) is 7.11 Å². The van der Waals surface area contributed by atoms with E-state index in [2.05, 4.69) is 24.5 Å². The van der Waals surface area contributed by atoms with Gasteiger partial charge in [-0.3, -0.25) is 15.0 Å². The zero-order valence-electron chi connectivity index (χ0n) is 13.8. The monoisotopic (exact) mass is 336 g/mol. The van der Waals surface area contributed by atoms with Crippen molar-refractivity contribution in [2.24, 2.45) is 11.1 Å². The second-order valence-electron chi connectivity index (χ2n) is 6.47. The van der Waals surface area contributed by atoms with Gasteiger partial charge < -0.3 is 15.8 Å². The van der Waals surface area contributed by atoms with E-state index in [0.717, 1.165) is 19.5 Å². The number of nitrogens with zero attached hydrogens (tertiary/aromatic N) is 1. The number of imide groups is 1. The summed E-state index contributed by atoms with van der Waals surface area (Å²) in [5.41, 5.74) is 6.05. The molecule has 22 heavy (non-hydrogen) atoms. The number of nitrogens with one attached hydrogen (secondary N) is 2. The van der Waals surface area contributed by atoms with Crippen molar-refractivity contribution < 1.29 is 14.3 Å². The Labute approximate surface area is 138 Å². The van der Waals surface area contributed by atoms with Gasteiger partial charge >= 0.3 is 6.03 Å². The largest absolute Gasteiger partial charge is 0.383 e. The van der Waals surface area contributed by atoms with Crippen LogP contribution < -0.4 is 16.4 Å². The number of amides is 3. The third-order valence-corrected chi connectivity index (χ3v) is 3.81. The van der Waals surface area contributed by atoms with E-state index < -0.39 is 6.03 Å². The summed E-state index contributed by atoms with van der Waals surface area (Å²) in [7, 11) is 1.56. The molecule has 3 amide bonds. The van der Waals surface area contributed by atoms with E-state index in [1.165, 1.54) is 0 Å². The number of piperidine rings is 1. The van der Waals surface area contributed by atoms with E-state index in [4.69, 9.17) is 10.5 Å². The molecule has 1 aliphatic heterocycles. The van der Waals surface area contributed by atoms with Crippen LogP contribution in [0.1, 0.15) is 27.2 Å². The third kappa shape index (κ3) is 6.91. The van der Waals surface area contributed by atoms with Gasteiger partial charge in [-0.2, -0.15) is 0 Å². The van der Waals surface area contributed by atoms with E-state index in [0.29, 0.717) is 6.61 Å². The minimum Gasteiger partial charge on any atom is -0.383 e. The number of nitrogens with two attached hydrogens (primary N) is 1. The summed E-state index contributed by atoms with van der Waals surface area (Å²) in [5.74, 6) is -0.302. The van der Waals surface area contributed by atoms with Crippen LogP contribution in [0, 0.1) is 5.41 Å². The molecule has 1 aliphatic rings. The number of ether oxygens (including phenoxy) is 1. The summed E-state index contributed by atoms with van der Waals surface area (Å²) in [6.45, 7) is 8.15. The third-order valence-electron chi connectivity index (χ3n) is 3.81. The molecule has 1 saturated heterocycles. The molecule has 0 spiro atoms. The van der Waals surface area contributed by atoms with Crippen LogP contribution in [0.4, 0.5) is 4.79 Å². The van der Waals surface area contributed by atoms with Crippen LogP contribution in [0.25, 0.3) is 0 Å². The SMILES string of the molecule is COCC(C)NC(=O)NC(=O)CN1CCC(N)C(C)(C)C1.Cl. The van der Waals surface area contributed by atoms with E-state index in [9.17, 15) is 9.59 Å². The molecule has 2 unspecified atom stereocenters. The maximum atomic E-state index is 11.9. The van der Waals surface area contributed by atoms with Gasteiger partial charge in [-0.15, -0.1) is 12.4 Å². The smallest absolute Gasteiger partial charge is 0.321 e. The fraction of sp³-hybridized carbons (Fsp3) is 0.857. The zero-order valence-corrected chi connectivity index (χ0v) is 14.7. The number of halogens is 1. The van der Waals surface area contributed by atoms with Gasteiger partial charge in [0.15, 0.2) is 0 Å². The molecule has 1 rings (SSSR count). The summed E-state index contributed by atoms with van der Waals surface area (Å²) in [6.07, 6.45) is 0.858. The van der Waals surface area contributed by atoms with Crippen molar-refractivity contribution in [1.29, 1.82) is 0 Å². The van der Waals surface area contributed by atoms with Crippen molar-refractivity contribution in [3.63, 3.8) is 0 Å². The van der Waals surface area contributed by atoms with Gasteiger partial charge in [0.2, 0.25) is 5.91 Å². The van der Waals surface area contributed by atoms with Crippen LogP contribution in [0.15, 0.2) is 0 Å². The number of hydrogen-bond donors (Lipinski definition) is 3. The second kappa shape index (κ2) is 9.29. The Hall–Kier alpha value is -0.890. The molecule has 1 fully saturated rings. The van der Waals surface area contributed by atoms with Crippen LogP contribution >= 0.6 is 12.4 Å². The highest BCUT2D eigenvalue weighted by molar-refractivity contribution is 5.95. The van der Waals surface area contributed by atoms with Crippen LogP contribution in [-0.4, -0.2) is 62.3 Å². The van der Waals surface area contributed by atoms with Crippen molar-refractivity contribution in [1.82, 2.24) is 15.5 Å². The summed E-state index contributed by atoms with van der Waals surface area (Å²) in [5, 5.41) is 4.98. The first-order valence-electron chi connectivity index (χ1n) is 7.32. The van der Waals surface area contributed by atoms with Gasteiger partial charge in [-0.05, 0) is 18.8 Å². The molecular formula is C14H29ClN4O3. The van der Waals surface area contributed by atoms with Crippen LogP contribution in [0.2, 0.25) is 0 Å². The van der Waals surface area contributed by atoms with Crippen molar-refractivity contribution in [2.75, 3.05) is 33.4 Å². The molecule has 0 radical (unpaired) electrons. The number of urea groups is 1. The lowest BCUT2D eigenvalue weighted by Gasteiger charge is -2.42. The highest BCUT2D eigenvalue weighted by Crippen LogP contribution is 2.27. The molecule has 8 heteroatoms. The average Bonchev–Trinajstić information content (AvgIpc) is 2.33. The first-order chi connectivity index (χ1) is 9.74. The van der Waals surface area contributed by atoms with Crippen molar-refractivity contribution in [3.05, 3.63) is 0 Å². The topological polar surface area (TPSA) is 96.7 Å². The second-order valence-corrected chi connectivity index (χ2v) is 6.47. The number of likely N-dealkylation sites (tertiary alicyclic amines) is 1. The van der Waals surface area contributed by atoms with Gasteiger partial charge in [0.1, 0.15) is 0 Å². The lowest BCUT2D eigenvalue weighted by molar-refractivity contribution is -0.122. The summed E-state index contributed by atoms with van der Waals surface area (Å²) in [6, 6.07) is -0.484. The fourth-order valence-corrected chi connectivity index (χ4v) is 2.54. The van der Waals surface area contributed by atoms with E-state index >= 15 is 0 Å². The molecule has 0 aliphatic carbocycles. The predicted molar refractivity (Wildman–Crippen MR) is 88.1 cm³/mol. The molecule has 1 heterocycles. The summed E-state index contributed by atoms with van der Waals surface area (Å²) < 4.78 is 4.92. The fourth-order valence-electron chi connectivity index (χ4n) is 2.54. The zero-order chi connectivity index (χ0) is 16.0. The van der Waals surface area contributed by atoms with E-state index in [-0.39, 0.29) is 42.4 Å². The molecule has 0 saturated carbocycles. The van der Waals surface area contributed by atoms with Gasteiger partial charge in [0.25, 0.3) is 0 Å². The van der Waals surface area contributed by atoms with E-state index in [1.807, 2.05) is 11.8 Å². The maximum Gasteiger partial charge on any atom is 0.321 e. The van der Waals surface area contributed by atoms with Crippen molar-refractivity contribution >= 4 is 24.3 Å². The molecule has 0 aromatic rings. The molecule has 7 nitrogen and oxygen atoms in total. The quantitative estimate of drug-likeness (QED) is 0.672. The molecule has 4 N–H and O–H groups in total. The van der Waals surface area contributed by atoms with Crippen molar-refractivity contribution in [3.8, 4) is 0 Å². The molecule has 0 aromatic carbocycles. The van der Waals surface area contributed by atoms with Gasteiger partial charge in [0.05, 0.1) is 19.2 Å². The lowest BCUT2D eigenvalue weighted by Crippen LogP contribution is -2.55. The van der Waals surface area contributed by atoms with Crippen molar-refractivity contribution in [2.45, 2.75) is 39.3 Å². The average molecular weight is 337 g/mol. The number of carbonyl (C=O) groups is 2. The Balaban J connectivity index is 0.00000441. The first kappa shape index (κ1) is 21.1. The molecular weight excluding hydrogens is 308 g/mol. The Morgan fingerprint density at radius 2 is 2.09 bits per heavy atom. The number of carbonyl (C=O) groups excluding carboxylic acids is 2. The number of hydrogen-bond acceptors (Lipinski definition) is 5.